The van der Waals surface area contributed by atoms with E-state index < -0.39 is 35.1 Å². The number of hydrogen-bond donors (Lipinski definition) is 0. The van der Waals surface area contributed by atoms with Crippen molar-refractivity contribution >= 4 is 23.6 Å². The highest BCUT2D eigenvalue weighted by Gasteiger charge is 2.33. The number of nitro benzene ring substituents is 1. The van der Waals surface area contributed by atoms with Crippen molar-refractivity contribution in [3.63, 3.8) is 0 Å². The van der Waals surface area contributed by atoms with Crippen LogP contribution in [0.4, 0.5) is 5.69 Å². The van der Waals surface area contributed by atoms with Crippen LogP contribution in [0.3, 0.4) is 0 Å². The molecule has 1 aliphatic rings. The van der Waals surface area contributed by atoms with E-state index in [0.29, 0.717) is 11.8 Å². The minimum Gasteiger partial charge on any atom is -0.465 e. The Morgan fingerprint density at radius 1 is 1.13 bits per heavy atom. The molecule has 0 unspecified atom stereocenters. The average Bonchev–Trinajstić information content (AvgIpc) is 2.70. The second kappa shape index (κ2) is 10.2. The molecule has 1 aromatic carbocycles. The van der Waals surface area contributed by atoms with Gasteiger partial charge in [-0.05, 0) is 36.7 Å². The number of benzene rings is 1. The Bertz CT molecular complexity index is 819. The number of rotatable bonds is 7. The number of ether oxygens (including phenoxy) is 3. The van der Waals surface area contributed by atoms with E-state index >= 15 is 0 Å². The summed E-state index contributed by atoms with van der Waals surface area (Å²) in [5, 5.41) is 11.1. The lowest BCUT2D eigenvalue weighted by Crippen LogP contribution is -2.36. The first-order chi connectivity index (χ1) is 14.1. The Balaban J connectivity index is 2.04. The van der Waals surface area contributed by atoms with Gasteiger partial charge in [0.05, 0.1) is 23.2 Å². The molecule has 9 nitrogen and oxygen atoms in total. The highest BCUT2D eigenvalue weighted by molar-refractivity contribution is 5.97. The minimum atomic E-state index is -0.974. The number of hydrogen-bond acceptors (Lipinski definition) is 8. The lowest BCUT2D eigenvalue weighted by molar-refractivity contribution is -0.384. The number of carbonyl (C=O) groups is 3. The molecule has 1 saturated carbocycles. The Morgan fingerprint density at radius 3 is 2.33 bits per heavy atom. The lowest BCUT2D eigenvalue weighted by atomic mass is 9.75. The molecule has 0 aliphatic heterocycles. The third kappa shape index (κ3) is 6.01. The van der Waals surface area contributed by atoms with Crippen LogP contribution in [-0.4, -0.2) is 42.7 Å². The SMILES string of the molecule is COC(=O)c1cc(C(=O)OCC(=O)O[C@H]2C[C@@H](C)CC[C@@H]2C(C)C)cc([N+](=O)[O-])c1. The third-order valence-corrected chi connectivity index (χ3v) is 5.35. The van der Waals surface area contributed by atoms with E-state index in [2.05, 4.69) is 25.5 Å². The van der Waals surface area contributed by atoms with Crippen LogP contribution in [-0.2, 0) is 19.0 Å². The second-order valence-electron chi connectivity index (χ2n) is 7.95. The van der Waals surface area contributed by atoms with Crippen LogP contribution in [0.15, 0.2) is 18.2 Å². The number of nitrogens with zero attached hydrogens (tertiary/aromatic N) is 1. The second-order valence-corrected chi connectivity index (χ2v) is 7.95. The molecule has 164 valence electrons. The fraction of sp³-hybridized carbons (Fsp3) is 0.571. The van der Waals surface area contributed by atoms with Crippen LogP contribution in [0, 0.1) is 27.9 Å². The van der Waals surface area contributed by atoms with Gasteiger partial charge in [-0.15, -0.1) is 0 Å². The van der Waals surface area contributed by atoms with Gasteiger partial charge in [0, 0.05) is 12.1 Å². The van der Waals surface area contributed by atoms with E-state index in [0.717, 1.165) is 44.6 Å². The predicted molar refractivity (Wildman–Crippen MR) is 106 cm³/mol. The lowest BCUT2D eigenvalue weighted by Gasteiger charge is -2.36. The van der Waals surface area contributed by atoms with Crippen LogP contribution < -0.4 is 0 Å². The van der Waals surface area contributed by atoms with Gasteiger partial charge < -0.3 is 14.2 Å². The zero-order chi connectivity index (χ0) is 22.4. The maximum absolute atomic E-state index is 12.3. The zero-order valence-corrected chi connectivity index (χ0v) is 17.6. The molecule has 2 rings (SSSR count). The molecule has 0 spiro atoms. The van der Waals surface area contributed by atoms with E-state index in [9.17, 15) is 24.5 Å². The van der Waals surface area contributed by atoms with Gasteiger partial charge in [0.15, 0.2) is 6.61 Å². The molecular formula is C21H27NO8. The van der Waals surface area contributed by atoms with Crippen molar-refractivity contribution in [3.05, 3.63) is 39.4 Å². The molecule has 9 heteroatoms. The summed E-state index contributed by atoms with van der Waals surface area (Å²) < 4.78 is 15.1. The summed E-state index contributed by atoms with van der Waals surface area (Å²) in [7, 11) is 1.12. The number of methoxy groups -OCH3 is 1. The van der Waals surface area contributed by atoms with Gasteiger partial charge >= 0.3 is 17.9 Å². The standard InChI is InChI=1S/C21H27NO8/c1-12(2)17-6-5-13(3)7-18(17)30-19(23)11-29-21(25)15-8-14(20(24)28-4)9-16(10-15)22(26)27/h8-10,12-13,17-18H,5-7,11H2,1-4H3/t13-,17+,18-/m0/s1. The number of esters is 3. The van der Waals surface area contributed by atoms with Crippen LogP contribution >= 0.6 is 0 Å². The van der Waals surface area contributed by atoms with Gasteiger partial charge in [0.25, 0.3) is 5.69 Å². The summed E-state index contributed by atoms with van der Waals surface area (Å²) in [6.07, 6.45) is 2.58. The summed E-state index contributed by atoms with van der Waals surface area (Å²) >= 11 is 0. The molecule has 30 heavy (non-hydrogen) atoms. The molecule has 3 atom stereocenters. The molecule has 0 amide bonds. The molecule has 0 N–H and O–H groups in total. The molecule has 1 aromatic rings. The van der Waals surface area contributed by atoms with Crippen molar-refractivity contribution < 1.29 is 33.5 Å². The van der Waals surface area contributed by atoms with Crippen LogP contribution in [0.2, 0.25) is 0 Å². The number of carbonyl (C=O) groups excluding carboxylic acids is 3. The average molecular weight is 421 g/mol. The predicted octanol–water partition coefficient (Wildman–Crippen LogP) is 3.54. The van der Waals surface area contributed by atoms with Crippen LogP contribution in [0.5, 0.6) is 0 Å². The molecular weight excluding hydrogens is 394 g/mol. The molecule has 0 bridgehead atoms. The Labute approximate surface area is 174 Å². The molecule has 1 aliphatic carbocycles. The van der Waals surface area contributed by atoms with Gasteiger partial charge in [-0.2, -0.15) is 0 Å². The van der Waals surface area contributed by atoms with Crippen molar-refractivity contribution in [2.75, 3.05) is 13.7 Å². The summed E-state index contributed by atoms with van der Waals surface area (Å²) in [6.45, 7) is 5.66. The van der Waals surface area contributed by atoms with E-state index in [4.69, 9.17) is 9.47 Å². The topological polar surface area (TPSA) is 122 Å². The molecule has 0 radical (unpaired) electrons. The summed E-state index contributed by atoms with van der Waals surface area (Å²) in [4.78, 5) is 46.6. The van der Waals surface area contributed by atoms with Gasteiger partial charge in [-0.3, -0.25) is 10.1 Å². The first kappa shape index (κ1) is 23.3. The van der Waals surface area contributed by atoms with Crippen molar-refractivity contribution in [2.24, 2.45) is 17.8 Å². The highest BCUT2D eigenvalue weighted by atomic mass is 16.6. The van der Waals surface area contributed by atoms with Crippen LogP contribution in [0.1, 0.15) is 60.7 Å². The van der Waals surface area contributed by atoms with Gasteiger partial charge in [-0.25, -0.2) is 14.4 Å². The van der Waals surface area contributed by atoms with Gasteiger partial charge in [0.2, 0.25) is 0 Å². The van der Waals surface area contributed by atoms with Crippen molar-refractivity contribution in [1.29, 1.82) is 0 Å². The van der Waals surface area contributed by atoms with Gasteiger partial charge in [0.1, 0.15) is 6.10 Å². The molecule has 0 saturated heterocycles. The Morgan fingerprint density at radius 2 is 1.77 bits per heavy atom. The first-order valence-electron chi connectivity index (χ1n) is 9.86. The fourth-order valence-corrected chi connectivity index (χ4v) is 3.73. The first-order valence-corrected chi connectivity index (χ1v) is 9.86. The van der Waals surface area contributed by atoms with E-state index in [-0.39, 0.29) is 23.1 Å². The summed E-state index contributed by atoms with van der Waals surface area (Å²) in [5.74, 6) is -1.43. The summed E-state index contributed by atoms with van der Waals surface area (Å²) in [5.41, 5.74) is -0.871. The quantitative estimate of drug-likeness (QED) is 0.283. The zero-order valence-electron chi connectivity index (χ0n) is 17.6. The molecule has 1 fully saturated rings. The van der Waals surface area contributed by atoms with Crippen molar-refractivity contribution in [1.82, 2.24) is 0 Å². The minimum absolute atomic E-state index is 0.169. The fourth-order valence-electron chi connectivity index (χ4n) is 3.73. The van der Waals surface area contributed by atoms with Gasteiger partial charge in [-0.1, -0.05) is 27.2 Å². The van der Waals surface area contributed by atoms with E-state index in [1.807, 2.05) is 0 Å². The largest absolute Gasteiger partial charge is 0.465 e. The van der Waals surface area contributed by atoms with Crippen molar-refractivity contribution in [2.45, 2.75) is 46.1 Å². The summed E-state index contributed by atoms with van der Waals surface area (Å²) in [6, 6.07) is 3.08. The Kier molecular flexibility index (Phi) is 7.91. The number of nitro groups is 1. The number of non-ortho nitro benzene ring substituents is 1. The smallest absolute Gasteiger partial charge is 0.344 e. The highest BCUT2D eigenvalue weighted by Crippen LogP contribution is 2.35. The maximum Gasteiger partial charge on any atom is 0.344 e. The normalized spacial score (nSPS) is 21.0. The van der Waals surface area contributed by atoms with Crippen molar-refractivity contribution in [3.8, 4) is 0 Å². The molecule has 0 heterocycles. The Hall–Kier alpha value is -2.97. The van der Waals surface area contributed by atoms with Crippen LogP contribution in [0.25, 0.3) is 0 Å². The monoisotopic (exact) mass is 421 g/mol. The third-order valence-electron chi connectivity index (χ3n) is 5.35. The maximum atomic E-state index is 12.3. The molecule has 0 aromatic heterocycles. The van der Waals surface area contributed by atoms with E-state index in [1.165, 1.54) is 0 Å². The van der Waals surface area contributed by atoms with E-state index in [1.54, 1.807) is 0 Å².